The van der Waals surface area contributed by atoms with Gasteiger partial charge in [-0.25, -0.2) is 0 Å². The highest BCUT2D eigenvalue weighted by Crippen LogP contribution is 2.37. The van der Waals surface area contributed by atoms with Crippen LogP contribution in [0.1, 0.15) is 35.3 Å². The molecule has 0 bridgehead atoms. The zero-order valence-corrected chi connectivity index (χ0v) is 21.8. The molecule has 0 aliphatic heterocycles. The van der Waals surface area contributed by atoms with Gasteiger partial charge in [-0.3, -0.25) is 9.59 Å². The van der Waals surface area contributed by atoms with Crippen LogP contribution in [0.2, 0.25) is 10.0 Å². The first-order valence-electron chi connectivity index (χ1n) is 10.7. The van der Waals surface area contributed by atoms with Crippen molar-refractivity contribution >= 4 is 52.5 Å². The minimum atomic E-state index is -0.934. The predicted octanol–water partition coefficient (Wildman–Crippen LogP) is 7.32. The smallest absolute Gasteiger partial charge is 0.307 e. The van der Waals surface area contributed by atoms with Crippen molar-refractivity contribution in [2.75, 3.05) is 12.4 Å². The fraction of sp³-hybridized carbons (Fsp3) is 0.231. The van der Waals surface area contributed by atoms with E-state index in [4.69, 9.17) is 37.8 Å². The summed E-state index contributed by atoms with van der Waals surface area (Å²) in [5.41, 5.74) is 2.35. The SMILES string of the molecule is COc1ccc(CC(=O)O)cc1Oc1ccc(NC(=O)c2ccc(Cl)cc2Cl)cc1CSC(C)C. The van der Waals surface area contributed by atoms with Crippen LogP contribution in [0, 0.1) is 0 Å². The Morgan fingerprint density at radius 3 is 2.40 bits per heavy atom. The summed E-state index contributed by atoms with van der Waals surface area (Å²) in [5.74, 6) is 0.812. The second-order valence-corrected chi connectivity index (χ2v) is 10.3. The van der Waals surface area contributed by atoms with Crippen molar-refractivity contribution in [3.8, 4) is 17.2 Å². The van der Waals surface area contributed by atoms with Gasteiger partial charge in [-0.1, -0.05) is 43.1 Å². The number of carboxylic acid groups (broad SMARTS) is 1. The van der Waals surface area contributed by atoms with E-state index in [-0.39, 0.29) is 17.4 Å². The molecule has 1 amide bonds. The molecule has 3 aromatic carbocycles. The van der Waals surface area contributed by atoms with Gasteiger partial charge in [0.05, 0.1) is 24.1 Å². The van der Waals surface area contributed by atoms with Gasteiger partial charge < -0.3 is 19.9 Å². The number of hydrogen-bond acceptors (Lipinski definition) is 5. The van der Waals surface area contributed by atoms with Crippen LogP contribution < -0.4 is 14.8 Å². The maximum atomic E-state index is 12.8. The van der Waals surface area contributed by atoms with Crippen LogP contribution >= 0.6 is 35.0 Å². The molecule has 0 aliphatic rings. The highest BCUT2D eigenvalue weighted by molar-refractivity contribution is 7.99. The number of nitrogens with one attached hydrogen (secondary N) is 1. The molecule has 0 fully saturated rings. The number of amides is 1. The topological polar surface area (TPSA) is 84.9 Å². The van der Waals surface area contributed by atoms with Crippen molar-refractivity contribution in [3.05, 3.63) is 81.3 Å². The first kappa shape index (κ1) is 26.7. The van der Waals surface area contributed by atoms with Crippen LogP contribution in [0.25, 0.3) is 0 Å². The quantitative estimate of drug-likeness (QED) is 0.284. The lowest BCUT2D eigenvalue weighted by Gasteiger charge is -2.17. The third kappa shape index (κ3) is 7.56. The minimum Gasteiger partial charge on any atom is -0.493 e. The standard InChI is InChI=1S/C26H25Cl2NO5S/c1-15(2)35-14-17-12-19(29-26(32)20-7-5-18(27)13-21(20)28)6-9-22(17)34-24-10-16(11-25(30)31)4-8-23(24)33-3/h4-10,12-13,15H,11,14H2,1-3H3,(H,29,32)(H,30,31). The van der Waals surface area contributed by atoms with Gasteiger partial charge in [0.25, 0.3) is 5.91 Å². The molecule has 0 aliphatic carbocycles. The monoisotopic (exact) mass is 533 g/mol. The molecule has 0 spiro atoms. The summed E-state index contributed by atoms with van der Waals surface area (Å²) in [7, 11) is 1.52. The van der Waals surface area contributed by atoms with Crippen LogP contribution in [0.4, 0.5) is 5.69 Å². The average Bonchev–Trinajstić information content (AvgIpc) is 2.78. The Morgan fingerprint density at radius 2 is 1.74 bits per heavy atom. The number of carboxylic acids is 1. The number of ether oxygens (including phenoxy) is 2. The third-order valence-electron chi connectivity index (χ3n) is 4.87. The summed E-state index contributed by atoms with van der Waals surface area (Å²) in [4.78, 5) is 23.9. The third-order valence-corrected chi connectivity index (χ3v) is 6.56. The lowest BCUT2D eigenvalue weighted by atomic mass is 10.1. The molecule has 2 N–H and O–H groups in total. The Kier molecular flexibility index (Phi) is 9.32. The molecule has 0 radical (unpaired) electrons. The zero-order valence-electron chi connectivity index (χ0n) is 19.4. The Hall–Kier alpha value is -2.87. The first-order chi connectivity index (χ1) is 16.7. The number of methoxy groups -OCH3 is 1. The number of thioether (sulfide) groups is 1. The molecule has 35 heavy (non-hydrogen) atoms. The van der Waals surface area contributed by atoms with Gasteiger partial charge in [-0.15, -0.1) is 0 Å². The van der Waals surface area contributed by atoms with Gasteiger partial charge in [0, 0.05) is 22.0 Å². The number of aliphatic carboxylic acids is 1. The fourth-order valence-corrected chi connectivity index (χ4v) is 4.43. The first-order valence-corrected chi connectivity index (χ1v) is 12.5. The molecule has 0 aromatic heterocycles. The lowest BCUT2D eigenvalue weighted by molar-refractivity contribution is -0.136. The van der Waals surface area contributed by atoms with E-state index in [0.29, 0.717) is 50.1 Å². The largest absolute Gasteiger partial charge is 0.493 e. The summed E-state index contributed by atoms with van der Waals surface area (Å²) in [6.07, 6.45) is -0.130. The highest BCUT2D eigenvalue weighted by Gasteiger charge is 2.15. The molecular formula is C26H25Cl2NO5S. The molecule has 3 aromatic rings. The average molecular weight is 534 g/mol. The van der Waals surface area contributed by atoms with Crippen LogP contribution in [0.15, 0.2) is 54.6 Å². The molecule has 184 valence electrons. The second kappa shape index (κ2) is 12.2. The summed E-state index contributed by atoms with van der Waals surface area (Å²) >= 11 is 13.8. The number of carbonyl (C=O) groups excluding carboxylic acids is 1. The van der Waals surface area contributed by atoms with Gasteiger partial charge in [-0.05, 0) is 59.3 Å². The van der Waals surface area contributed by atoms with Gasteiger partial charge in [0.1, 0.15) is 5.75 Å². The number of rotatable bonds is 10. The Labute approximate surface area is 218 Å². The van der Waals surface area contributed by atoms with E-state index in [1.807, 2.05) is 6.07 Å². The Balaban J connectivity index is 1.90. The van der Waals surface area contributed by atoms with Crippen molar-refractivity contribution in [1.82, 2.24) is 0 Å². The maximum absolute atomic E-state index is 12.8. The Bertz CT molecular complexity index is 1230. The molecule has 3 rings (SSSR count). The number of halogens is 2. The van der Waals surface area contributed by atoms with Crippen LogP contribution in [0.3, 0.4) is 0 Å². The number of hydrogen-bond donors (Lipinski definition) is 2. The van der Waals surface area contributed by atoms with Crippen molar-refractivity contribution < 1.29 is 24.2 Å². The van der Waals surface area contributed by atoms with Crippen LogP contribution in [-0.4, -0.2) is 29.3 Å². The normalized spacial score (nSPS) is 10.8. The molecule has 0 saturated heterocycles. The van der Waals surface area contributed by atoms with Gasteiger partial charge in [0.15, 0.2) is 11.5 Å². The zero-order chi connectivity index (χ0) is 25.5. The number of anilines is 1. The number of benzene rings is 3. The molecule has 0 unspecified atom stereocenters. The van der Waals surface area contributed by atoms with Crippen molar-refractivity contribution in [1.29, 1.82) is 0 Å². The van der Waals surface area contributed by atoms with Crippen molar-refractivity contribution in [2.45, 2.75) is 31.3 Å². The maximum Gasteiger partial charge on any atom is 0.307 e. The summed E-state index contributed by atoms with van der Waals surface area (Å²) in [6.45, 7) is 4.19. The molecule has 6 nitrogen and oxygen atoms in total. The second-order valence-electron chi connectivity index (χ2n) is 7.92. The van der Waals surface area contributed by atoms with E-state index in [9.17, 15) is 9.59 Å². The molecule has 0 saturated carbocycles. The van der Waals surface area contributed by atoms with E-state index in [0.717, 1.165) is 5.56 Å². The number of carbonyl (C=O) groups is 2. The molecule has 9 heteroatoms. The fourth-order valence-electron chi connectivity index (χ4n) is 3.20. The van der Waals surface area contributed by atoms with E-state index in [1.54, 1.807) is 54.2 Å². The van der Waals surface area contributed by atoms with Crippen LogP contribution in [-0.2, 0) is 17.0 Å². The van der Waals surface area contributed by atoms with Gasteiger partial charge >= 0.3 is 5.97 Å². The van der Waals surface area contributed by atoms with Crippen molar-refractivity contribution in [3.63, 3.8) is 0 Å². The predicted molar refractivity (Wildman–Crippen MR) is 142 cm³/mol. The Morgan fingerprint density at radius 1 is 1.00 bits per heavy atom. The van der Waals surface area contributed by atoms with E-state index < -0.39 is 5.97 Å². The van der Waals surface area contributed by atoms with E-state index in [1.165, 1.54) is 13.2 Å². The van der Waals surface area contributed by atoms with Crippen LogP contribution in [0.5, 0.6) is 17.2 Å². The summed E-state index contributed by atoms with van der Waals surface area (Å²) in [6, 6.07) is 15.1. The highest BCUT2D eigenvalue weighted by atomic mass is 35.5. The van der Waals surface area contributed by atoms with Gasteiger partial charge in [-0.2, -0.15) is 11.8 Å². The molecule has 0 heterocycles. The molecule has 0 atom stereocenters. The lowest BCUT2D eigenvalue weighted by Crippen LogP contribution is -2.12. The van der Waals surface area contributed by atoms with E-state index in [2.05, 4.69) is 19.2 Å². The van der Waals surface area contributed by atoms with Crippen molar-refractivity contribution in [2.24, 2.45) is 0 Å². The van der Waals surface area contributed by atoms with E-state index >= 15 is 0 Å². The summed E-state index contributed by atoms with van der Waals surface area (Å²) < 4.78 is 11.6. The molecular weight excluding hydrogens is 509 g/mol. The minimum absolute atomic E-state index is 0.130. The van der Waals surface area contributed by atoms with Gasteiger partial charge in [0.2, 0.25) is 0 Å². The summed E-state index contributed by atoms with van der Waals surface area (Å²) in [5, 5.41) is 13.1.